The Hall–Kier alpha value is -4.20. The number of halogens is 1. The van der Waals surface area contributed by atoms with Gasteiger partial charge >= 0.3 is 0 Å². The minimum atomic E-state index is -0.708. The van der Waals surface area contributed by atoms with Gasteiger partial charge in [-0.3, -0.25) is 9.69 Å². The fourth-order valence-corrected chi connectivity index (χ4v) is 4.53. The first-order chi connectivity index (χ1) is 17.4. The van der Waals surface area contributed by atoms with Crippen molar-refractivity contribution in [1.29, 1.82) is 10.5 Å². The molecule has 0 spiro atoms. The number of hydrogen-bond acceptors (Lipinski definition) is 5. The third kappa shape index (κ3) is 5.71. The number of carbonyl (C=O) groups is 1. The van der Waals surface area contributed by atoms with Gasteiger partial charge in [0.1, 0.15) is 11.6 Å². The van der Waals surface area contributed by atoms with Gasteiger partial charge in [0.15, 0.2) is 0 Å². The SMILES string of the molecule is CC(C)Oc1ccc(C(c2ccc(C#N)cc2)N2CC[C@@H](NC(=O)c3ccc(C#N)cc3F)C2)cc1. The molecule has 1 saturated heterocycles. The van der Waals surface area contributed by atoms with Crippen LogP contribution in [0.5, 0.6) is 5.75 Å². The van der Waals surface area contributed by atoms with E-state index in [1.165, 1.54) is 12.1 Å². The molecule has 182 valence electrons. The van der Waals surface area contributed by atoms with E-state index in [1.54, 1.807) is 0 Å². The number of amides is 1. The van der Waals surface area contributed by atoms with E-state index < -0.39 is 11.7 Å². The second-order valence-electron chi connectivity index (χ2n) is 9.13. The van der Waals surface area contributed by atoms with Crippen LogP contribution < -0.4 is 10.1 Å². The van der Waals surface area contributed by atoms with Gasteiger partial charge in [0, 0.05) is 19.1 Å². The first-order valence-corrected chi connectivity index (χ1v) is 11.9. The molecular weight excluding hydrogens is 455 g/mol. The van der Waals surface area contributed by atoms with Gasteiger partial charge in [-0.1, -0.05) is 24.3 Å². The van der Waals surface area contributed by atoms with Crippen molar-refractivity contribution in [2.24, 2.45) is 0 Å². The lowest BCUT2D eigenvalue weighted by Crippen LogP contribution is -2.38. The van der Waals surface area contributed by atoms with Crippen molar-refractivity contribution in [3.8, 4) is 17.9 Å². The summed E-state index contributed by atoms with van der Waals surface area (Å²) in [5, 5.41) is 21.1. The van der Waals surface area contributed by atoms with Crippen LogP contribution in [0.1, 0.15) is 58.9 Å². The number of ether oxygens (including phenoxy) is 1. The molecule has 2 atom stereocenters. The Balaban J connectivity index is 1.54. The molecule has 1 N–H and O–H groups in total. The van der Waals surface area contributed by atoms with Crippen LogP contribution in [0.2, 0.25) is 0 Å². The van der Waals surface area contributed by atoms with Gasteiger partial charge in [-0.15, -0.1) is 0 Å². The van der Waals surface area contributed by atoms with Gasteiger partial charge < -0.3 is 10.1 Å². The minimum absolute atomic E-state index is 0.0724. The maximum Gasteiger partial charge on any atom is 0.254 e. The van der Waals surface area contributed by atoms with E-state index in [0.717, 1.165) is 29.5 Å². The van der Waals surface area contributed by atoms with Crippen molar-refractivity contribution in [2.75, 3.05) is 13.1 Å². The molecule has 0 radical (unpaired) electrons. The summed E-state index contributed by atoms with van der Waals surface area (Å²) in [5.74, 6) is -0.405. The Morgan fingerprint density at radius 2 is 1.61 bits per heavy atom. The molecule has 6 nitrogen and oxygen atoms in total. The number of likely N-dealkylation sites (tertiary alicyclic amines) is 1. The summed E-state index contributed by atoms with van der Waals surface area (Å²) in [6, 6.07) is 23.2. The first-order valence-electron chi connectivity index (χ1n) is 11.9. The number of nitrogens with one attached hydrogen (secondary N) is 1. The van der Waals surface area contributed by atoms with Gasteiger partial charge in [0.2, 0.25) is 0 Å². The molecule has 4 rings (SSSR count). The highest BCUT2D eigenvalue weighted by molar-refractivity contribution is 5.94. The maximum atomic E-state index is 14.3. The molecule has 0 saturated carbocycles. The number of nitriles is 2. The lowest BCUT2D eigenvalue weighted by Gasteiger charge is -2.29. The van der Waals surface area contributed by atoms with Crippen LogP contribution in [0.15, 0.2) is 66.7 Å². The summed E-state index contributed by atoms with van der Waals surface area (Å²) in [5.41, 5.74) is 2.80. The van der Waals surface area contributed by atoms with Crippen molar-refractivity contribution < 1.29 is 13.9 Å². The third-order valence-corrected chi connectivity index (χ3v) is 6.19. The largest absolute Gasteiger partial charge is 0.491 e. The standard InChI is InChI=1S/C29H27FN4O2/c1-19(2)36-25-10-8-23(9-11-25)28(22-6-3-20(16-31)4-7-22)34-14-13-24(18-34)33-29(35)26-12-5-21(17-32)15-27(26)30/h3-12,15,19,24,28H,13-14,18H2,1-2H3,(H,33,35)/t24-,28?/m1/s1. The van der Waals surface area contributed by atoms with Gasteiger partial charge in [-0.2, -0.15) is 10.5 Å². The van der Waals surface area contributed by atoms with E-state index in [1.807, 2.05) is 68.4 Å². The van der Waals surface area contributed by atoms with E-state index in [0.29, 0.717) is 18.5 Å². The summed E-state index contributed by atoms with van der Waals surface area (Å²) in [4.78, 5) is 15.0. The molecule has 0 aliphatic carbocycles. The normalized spacial score (nSPS) is 16.2. The highest BCUT2D eigenvalue weighted by atomic mass is 19.1. The zero-order valence-electron chi connectivity index (χ0n) is 20.2. The maximum absolute atomic E-state index is 14.3. The molecule has 1 fully saturated rings. The lowest BCUT2D eigenvalue weighted by atomic mass is 9.96. The molecule has 0 aromatic heterocycles. The van der Waals surface area contributed by atoms with Crippen LogP contribution >= 0.6 is 0 Å². The van der Waals surface area contributed by atoms with Crippen molar-refractivity contribution in [3.63, 3.8) is 0 Å². The minimum Gasteiger partial charge on any atom is -0.491 e. The zero-order valence-corrected chi connectivity index (χ0v) is 20.2. The molecule has 3 aromatic rings. The quantitative estimate of drug-likeness (QED) is 0.515. The highest BCUT2D eigenvalue weighted by Crippen LogP contribution is 2.33. The molecule has 1 amide bonds. The van der Waals surface area contributed by atoms with Gasteiger partial charge in [-0.05, 0) is 73.9 Å². The van der Waals surface area contributed by atoms with Crippen LogP contribution in [0.25, 0.3) is 0 Å². The highest BCUT2D eigenvalue weighted by Gasteiger charge is 2.31. The molecule has 0 bridgehead atoms. The molecule has 1 aliphatic heterocycles. The number of carbonyl (C=O) groups excluding carboxylic acids is 1. The predicted octanol–water partition coefficient (Wildman–Crippen LogP) is 4.95. The van der Waals surface area contributed by atoms with Crippen LogP contribution in [-0.2, 0) is 0 Å². The third-order valence-electron chi connectivity index (χ3n) is 6.19. The average molecular weight is 483 g/mol. The molecule has 3 aromatic carbocycles. The van der Waals surface area contributed by atoms with E-state index >= 15 is 0 Å². The van der Waals surface area contributed by atoms with Crippen LogP contribution in [0.4, 0.5) is 4.39 Å². The summed E-state index contributed by atoms with van der Waals surface area (Å²) < 4.78 is 20.1. The monoisotopic (exact) mass is 482 g/mol. The number of benzene rings is 3. The molecule has 1 heterocycles. The fourth-order valence-electron chi connectivity index (χ4n) is 4.53. The van der Waals surface area contributed by atoms with E-state index in [4.69, 9.17) is 10.00 Å². The molecule has 7 heteroatoms. The van der Waals surface area contributed by atoms with E-state index in [2.05, 4.69) is 16.3 Å². The molecule has 36 heavy (non-hydrogen) atoms. The predicted molar refractivity (Wildman–Crippen MR) is 134 cm³/mol. The number of hydrogen-bond donors (Lipinski definition) is 1. The van der Waals surface area contributed by atoms with Crippen molar-refractivity contribution in [3.05, 3.63) is 100 Å². The fraction of sp³-hybridized carbons (Fsp3) is 0.276. The van der Waals surface area contributed by atoms with Gasteiger partial charge in [-0.25, -0.2) is 4.39 Å². The molecule has 1 aliphatic rings. The van der Waals surface area contributed by atoms with Gasteiger partial charge in [0.25, 0.3) is 5.91 Å². The first kappa shape index (κ1) is 24.9. The van der Waals surface area contributed by atoms with E-state index in [9.17, 15) is 14.4 Å². The second kappa shape index (κ2) is 11.0. The Morgan fingerprint density at radius 1 is 1.00 bits per heavy atom. The van der Waals surface area contributed by atoms with Crippen LogP contribution in [-0.4, -0.2) is 36.0 Å². The van der Waals surface area contributed by atoms with Crippen LogP contribution in [0, 0.1) is 28.5 Å². The smallest absolute Gasteiger partial charge is 0.254 e. The number of rotatable bonds is 7. The molecule has 1 unspecified atom stereocenters. The summed E-state index contributed by atoms with van der Waals surface area (Å²) >= 11 is 0. The lowest BCUT2D eigenvalue weighted by molar-refractivity contribution is 0.0933. The average Bonchev–Trinajstić information content (AvgIpc) is 3.32. The van der Waals surface area contributed by atoms with Crippen molar-refractivity contribution >= 4 is 5.91 Å². The topological polar surface area (TPSA) is 89.2 Å². The Labute approximate surface area is 210 Å². The summed E-state index contributed by atoms with van der Waals surface area (Å²) in [6.45, 7) is 5.28. The summed E-state index contributed by atoms with van der Waals surface area (Å²) in [6.07, 6.45) is 0.791. The Morgan fingerprint density at radius 3 is 2.19 bits per heavy atom. The van der Waals surface area contributed by atoms with Gasteiger partial charge in [0.05, 0.1) is 41.0 Å². The second-order valence-corrected chi connectivity index (χ2v) is 9.13. The van der Waals surface area contributed by atoms with Crippen molar-refractivity contribution in [1.82, 2.24) is 10.2 Å². The van der Waals surface area contributed by atoms with Crippen molar-refractivity contribution in [2.45, 2.75) is 38.5 Å². The zero-order chi connectivity index (χ0) is 25.7. The van der Waals surface area contributed by atoms with Crippen LogP contribution in [0.3, 0.4) is 0 Å². The Bertz CT molecular complexity index is 1310. The van der Waals surface area contributed by atoms with E-state index in [-0.39, 0.29) is 29.3 Å². The Kier molecular flexibility index (Phi) is 7.63. The summed E-state index contributed by atoms with van der Waals surface area (Å²) in [7, 11) is 0. The molecular formula is C29H27FN4O2. The number of nitrogens with zero attached hydrogens (tertiary/aromatic N) is 3.